The Labute approximate surface area is 157 Å². The summed E-state index contributed by atoms with van der Waals surface area (Å²) in [7, 11) is 0. The lowest BCUT2D eigenvalue weighted by Gasteiger charge is -2.19. The summed E-state index contributed by atoms with van der Waals surface area (Å²) in [6.07, 6.45) is 0. The molecule has 4 nitrogen and oxygen atoms in total. The van der Waals surface area contributed by atoms with E-state index in [1.54, 1.807) is 12.1 Å². The predicted molar refractivity (Wildman–Crippen MR) is 98.7 cm³/mol. The van der Waals surface area contributed by atoms with E-state index in [0.717, 1.165) is 5.56 Å². The SMILES string of the molecule is CC(C)(C)c1ccc(C(=O)NCC(=O)OCc2c(F)cccc2Cl)cc1. The molecule has 0 aliphatic carbocycles. The van der Waals surface area contributed by atoms with E-state index in [0.29, 0.717) is 5.56 Å². The number of esters is 1. The van der Waals surface area contributed by atoms with Crippen LogP contribution in [0.1, 0.15) is 42.3 Å². The maximum atomic E-state index is 13.6. The fourth-order valence-corrected chi connectivity index (χ4v) is 2.47. The van der Waals surface area contributed by atoms with Gasteiger partial charge in [-0.15, -0.1) is 0 Å². The first-order valence-electron chi connectivity index (χ1n) is 8.16. The summed E-state index contributed by atoms with van der Waals surface area (Å²) >= 11 is 5.86. The molecule has 0 spiro atoms. The molecule has 0 aliphatic heterocycles. The van der Waals surface area contributed by atoms with Gasteiger partial charge in [-0.2, -0.15) is 0 Å². The molecule has 0 saturated heterocycles. The Morgan fingerprint density at radius 3 is 2.35 bits per heavy atom. The van der Waals surface area contributed by atoms with Crippen molar-refractivity contribution in [2.24, 2.45) is 0 Å². The largest absolute Gasteiger partial charge is 0.459 e. The lowest BCUT2D eigenvalue weighted by Crippen LogP contribution is -2.30. The molecular weight excluding hydrogens is 357 g/mol. The van der Waals surface area contributed by atoms with Gasteiger partial charge in [-0.25, -0.2) is 4.39 Å². The van der Waals surface area contributed by atoms with E-state index in [1.165, 1.54) is 18.2 Å². The molecule has 26 heavy (non-hydrogen) atoms. The maximum Gasteiger partial charge on any atom is 0.325 e. The predicted octanol–water partition coefficient (Wildman–Crippen LogP) is 4.25. The molecule has 6 heteroatoms. The van der Waals surface area contributed by atoms with Crippen molar-refractivity contribution in [3.05, 3.63) is 70.0 Å². The van der Waals surface area contributed by atoms with Crippen LogP contribution in [-0.2, 0) is 21.6 Å². The summed E-state index contributed by atoms with van der Waals surface area (Å²) in [6, 6.07) is 11.4. The first kappa shape index (κ1) is 19.9. The van der Waals surface area contributed by atoms with Crippen LogP contribution < -0.4 is 5.32 Å². The Hall–Kier alpha value is -2.40. The highest BCUT2D eigenvalue weighted by Crippen LogP contribution is 2.22. The average Bonchev–Trinajstić information content (AvgIpc) is 2.58. The minimum absolute atomic E-state index is 0.00714. The van der Waals surface area contributed by atoms with Crippen molar-refractivity contribution in [3.63, 3.8) is 0 Å². The molecule has 2 aromatic carbocycles. The molecule has 0 atom stereocenters. The minimum atomic E-state index is -0.677. The van der Waals surface area contributed by atoms with Crippen molar-refractivity contribution in [3.8, 4) is 0 Å². The zero-order valence-electron chi connectivity index (χ0n) is 14.9. The molecule has 1 N–H and O–H groups in total. The Morgan fingerprint density at radius 2 is 1.77 bits per heavy atom. The molecule has 0 aliphatic rings. The van der Waals surface area contributed by atoms with E-state index in [9.17, 15) is 14.0 Å². The number of rotatable bonds is 5. The van der Waals surface area contributed by atoms with Crippen LogP contribution in [0.2, 0.25) is 5.02 Å². The fourth-order valence-electron chi connectivity index (χ4n) is 2.25. The second kappa shape index (κ2) is 8.32. The molecule has 138 valence electrons. The second-order valence-corrected chi connectivity index (χ2v) is 7.28. The third-order valence-electron chi connectivity index (χ3n) is 3.85. The first-order valence-corrected chi connectivity index (χ1v) is 8.53. The van der Waals surface area contributed by atoms with Crippen LogP contribution in [-0.4, -0.2) is 18.4 Å². The molecule has 1 amide bonds. The lowest BCUT2D eigenvalue weighted by atomic mass is 9.87. The fraction of sp³-hybridized carbons (Fsp3) is 0.300. The Kier molecular flexibility index (Phi) is 6.37. The monoisotopic (exact) mass is 377 g/mol. The highest BCUT2D eigenvalue weighted by atomic mass is 35.5. The zero-order chi connectivity index (χ0) is 19.3. The smallest absolute Gasteiger partial charge is 0.325 e. The van der Waals surface area contributed by atoms with E-state index in [2.05, 4.69) is 26.1 Å². The molecule has 0 fully saturated rings. The highest BCUT2D eigenvalue weighted by molar-refractivity contribution is 6.31. The molecular formula is C20H21ClFNO3. The van der Waals surface area contributed by atoms with Gasteiger partial charge in [-0.05, 0) is 35.2 Å². The molecule has 0 bridgehead atoms. The molecule has 2 aromatic rings. The third kappa shape index (κ3) is 5.30. The van der Waals surface area contributed by atoms with Crippen LogP contribution in [0.5, 0.6) is 0 Å². The van der Waals surface area contributed by atoms with Crippen molar-refractivity contribution in [2.45, 2.75) is 32.8 Å². The summed E-state index contributed by atoms with van der Waals surface area (Å²) in [5.41, 5.74) is 1.65. The Bertz CT molecular complexity index is 777. The first-order chi connectivity index (χ1) is 12.2. The van der Waals surface area contributed by atoms with Crippen molar-refractivity contribution in [2.75, 3.05) is 6.54 Å². The van der Waals surface area contributed by atoms with E-state index in [4.69, 9.17) is 16.3 Å². The molecule has 0 radical (unpaired) electrons. The quantitative estimate of drug-likeness (QED) is 0.792. The Balaban J connectivity index is 1.86. The summed E-state index contributed by atoms with van der Waals surface area (Å²) in [6.45, 7) is 5.64. The normalized spacial score (nSPS) is 11.1. The van der Waals surface area contributed by atoms with Crippen LogP contribution in [0.15, 0.2) is 42.5 Å². The summed E-state index contributed by atoms with van der Waals surface area (Å²) in [4.78, 5) is 23.9. The number of benzene rings is 2. The van der Waals surface area contributed by atoms with Gasteiger partial charge >= 0.3 is 5.97 Å². The summed E-state index contributed by atoms with van der Waals surface area (Å²) < 4.78 is 18.6. The number of amides is 1. The number of halogens is 2. The summed E-state index contributed by atoms with van der Waals surface area (Å²) in [5.74, 6) is -1.61. The lowest BCUT2D eigenvalue weighted by molar-refractivity contribution is -0.143. The highest BCUT2D eigenvalue weighted by Gasteiger charge is 2.15. The van der Waals surface area contributed by atoms with Gasteiger partial charge in [0.2, 0.25) is 0 Å². The molecule has 2 rings (SSSR count). The van der Waals surface area contributed by atoms with E-state index in [1.807, 2.05) is 12.1 Å². The van der Waals surface area contributed by atoms with Crippen molar-refractivity contribution in [1.82, 2.24) is 5.32 Å². The van der Waals surface area contributed by atoms with Gasteiger partial charge < -0.3 is 10.1 Å². The number of hydrogen-bond donors (Lipinski definition) is 1. The van der Waals surface area contributed by atoms with E-state index in [-0.39, 0.29) is 35.1 Å². The van der Waals surface area contributed by atoms with Crippen LogP contribution in [0.3, 0.4) is 0 Å². The summed E-state index contributed by atoms with van der Waals surface area (Å²) in [5, 5.41) is 2.66. The van der Waals surface area contributed by atoms with Crippen molar-refractivity contribution >= 4 is 23.5 Å². The number of nitrogens with one attached hydrogen (secondary N) is 1. The minimum Gasteiger partial charge on any atom is -0.459 e. The molecule has 0 heterocycles. The topological polar surface area (TPSA) is 55.4 Å². The number of hydrogen-bond acceptors (Lipinski definition) is 3. The van der Waals surface area contributed by atoms with E-state index < -0.39 is 11.8 Å². The van der Waals surface area contributed by atoms with Crippen molar-refractivity contribution < 1.29 is 18.7 Å². The van der Waals surface area contributed by atoms with Gasteiger partial charge in [0.15, 0.2) is 0 Å². The van der Waals surface area contributed by atoms with Gasteiger partial charge in [0.25, 0.3) is 5.91 Å². The number of carbonyl (C=O) groups excluding carboxylic acids is 2. The number of ether oxygens (including phenoxy) is 1. The van der Waals surface area contributed by atoms with Crippen molar-refractivity contribution in [1.29, 1.82) is 0 Å². The maximum absolute atomic E-state index is 13.6. The standard InChI is InChI=1S/C20H21ClFNO3/c1-20(2,3)14-9-7-13(8-10-14)19(25)23-11-18(24)26-12-15-16(21)5-4-6-17(15)22/h4-10H,11-12H2,1-3H3,(H,23,25). The van der Waals surface area contributed by atoms with Crippen LogP contribution >= 0.6 is 11.6 Å². The van der Waals surface area contributed by atoms with Gasteiger partial charge in [0.05, 0.1) is 5.02 Å². The van der Waals surface area contributed by atoms with Crippen LogP contribution in [0, 0.1) is 5.82 Å². The van der Waals surface area contributed by atoms with Gasteiger partial charge in [-0.1, -0.05) is 50.6 Å². The van der Waals surface area contributed by atoms with Gasteiger partial charge in [0.1, 0.15) is 19.0 Å². The Morgan fingerprint density at radius 1 is 1.12 bits per heavy atom. The molecule has 0 saturated carbocycles. The number of carbonyl (C=O) groups is 2. The second-order valence-electron chi connectivity index (χ2n) is 6.87. The van der Waals surface area contributed by atoms with Crippen LogP contribution in [0.25, 0.3) is 0 Å². The van der Waals surface area contributed by atoms with Gasteiger partial charge in [-0.3, -0.25) is 9.59 Å². The molecule has 0 aromatic heterocycles. The zero-order valence-corrected chi connectivity index (χ0v) is 15.7. The molecule has 0 unspecified atom stereocenters. The van der Waals surface area contributed by atoms with Gasteiger partial charge in [0, 0.05) is 11.1 Å². The average molecular weight is 378 g/mol. The third-order valence-corrected chi connectivity index (χ3v) is 4.20. The van der Waals surface area contributed by atoms with E-state index >= 15 is 0 Å². The van der Waals surface area contributed by atoms with Crippen LogP contribution in [0.4, 0.5) is 4.39 Å².